The number of hydrogen-bond acceptors (Lipinski definition) is 4. The zero-order chi connectivity index (χ0) is 23.4. The minimum Gasteiger partial charge on any atom is -0.423 e. The molecule has 1 N–H and O–H groups in total. The lowest BCUT2D eigenvalue weighted by molar-refractivity contribution is -0.131. The van der Waals surface area contributed by atoms with Gasteiger partial charge in [-0.1, -0.05) is 13.8 Å². The van der Waals surface area contributed by atoms with E-state index in [4.69, 9.17) is 4.42 Å². The fraction of sp³-hybridized carbons (Fsp3) is 0.292. The van der Waals surface area contributed by atoms with Gasteiger partial charge in [0.25, 0.3) is 5.91 Å². The van der Waals surface area contributed by atoms with Gasteiger partial charge in [-0.25, -0.2) is 18.4 Å². The smallest absolute Gasteiger partial charge is 0.336 e. The number of imide groups is 1. The largest absolute Gasteiger partial charge is 0.423 e. The third kappa shape index (κ3) is 3.45. The van der Waals surface area contributed by atoms with Crippen LogP contribution in [0.1, 0.15) is 48.9 Å². The first-order valence-corrected chi connectivity index (χ1v) is 10.2. The predicted molar refractivity (Wildman–Crippen MR) is 114 cm³/mol. The van der Waals surface area contributed by atoms with Crippen molar-refractivity contribution in [3.63, 3.8) is 0 Å². The second-order valence-corrected chi connectivity index (χ2v) is 8.52. The van der Waals surface area contributed by atoms with Crippen molar-refractivity contribution in [2.75, 3.05) is 0 Å². The molecule has 6 nitrogen and oxygen atoms in total. The molecular formula is C24H22F2N2O4. The average Bonchev–Trinajstić information content (AvgIpc) is 2.92. The molecule has 1 saturated heterocycles. The van der Waals surface area contributed by atoms with E-state index in [1.807, 2.05) is 26.8 Å². The number of rotatable bonds is 4. The van der Waals surface area contributed by atoms with Crippen LogP contribution in [-0.4, -0.2) is 16.8 Å². The molecular weight excluding hydrogens is 418 g/mol. The van der Waals surface area contributed by atoms with E-state index in [1.165, 1.54) is 13.0 Å². The molecule has 0 saturated carbocycles. The van der Waals surface area contributed by atoms with Crippen molar-refractivity contribution in [2.45, 2.75) is 45.7 Å². The zero-order valence-corrected chi connectivity index (χ0v) is 18.1. The lowest BCUT2D eigenvalue weighted by Crippen LogP contribution is -2.41. The van der Waals surface area contributed by atoms with Gasteiger partial charge in [0.05, 0.1) is 6.54 Å². The first-order valence-electron chi connectivity index (χ1n) is 10.2. The fourth-order valence-electron chi connectivity index (χ4n) is 4.22. The van der Waals surface area contributed by atoms with Crippen LogP contribution >= 0.6 is 0 Å². The van der Waals surface area contributed by atoms with E-state index in [2.05, 4.69) is 5.32 Å². The Morgan fingerprint density at radius 3 is 2.50 bits per heavy atom. The molecule has 0 bridgehead atoms. The highest BCUT2D eigenvalue weighted by molar-refractivity contribution is 6.07. The number of urea groups is 1. The van der Waals surface area contributed by atoms with Crippen LogP contribution < -0.4 is 10.9 Å². The summed E-state index contributed by atoms with van der Waals surface area (Å²) in [5, 5.41) is 3.07. The lowest BCUT2D eigenvalue weighted by Gasteiger charge is -2.23. The molecule has 2 heterocycles. The Morgan fingerprint density at radius 2 is 1.81 bits per heavy atom. The van der Waals surface area contributed by atoms with Gasteiger partial charge in [-0.2, -0.15) is 0 Å². The molecule has 1 aromatic heterocycles. The van der Waals surface area contributed by atoms with E-state index in [9.17, 15) is 23.2 Å². The van der Waals surface area contributed by atoms with Gasteiger partial charge >= 0.3 is 11.7 Å². The lowest BCUT2D eigenvalue weighted by atomic mass is 9.91. The number of benzene rings is 2. The van der Waals surface area contributed by atoms with E-state index in [0.29, 0.717) is 16.5 Å². The van der Waals surface area contributed by atoms with Crippen LogP contribution in [-0.2, 0) is 16.9 Å². The average molecular weight is 440 g/mol. The highest BCUT2D eigenvalue weighted by Crippen LogP contribution is 2.33. The number of nitrogens with one attached hydrogen (secondary N) is 1. The number of hydrogen-bond donors (Lipinski definition) is 1. The van der Waals surface area contributed by atoms with Gasteiger partial charge in [-0.3, -0.25) is 9.69 Å². The minimum absolute atomic E-state index is 0.204. The molecule has 166 valence electrons. The maximum absolute atomic E-state index is 14.4. The van der Waals surface area contributed by atoms with Crippen molar-refractivity contribution in [3.8, 4) is 0 Å². The van der Waals surface area contributed by atoms with Gasteiger partial charge < -0.3 is 9.73 Å². The number of amides is 3. The summed E-state index contributed by atoms with van der Waals surface area (Å²) in [6.07, 6.45) is 0. The van der Waals surface area contributed by atoms with Crippen molar-refractivity contribution in [3.05, 3.63) is 80.7 Å². The van der Waals surface area contributed by atoms with Gasteiger partial charge in [0, 0.05) is 17.0 Å². The van der Waals surface area contributed by atoms with Crippen LogP contribution in [0.4, 0.5) is 13.6 Å². The van der Waals surface area contributed by atoms with Gasteiger partial charge in [-0.05, 0) is 66.8 Å². The maximum Gasteiger partial charge on any atom is 0.336 e. The Balaban J connectivity index is 1.78. The molecule has 1 atom stereocenters. The summed E-state index contributed by atoms with van der Waals surface area (Å²) in [5.41, 5.74) is 0.0983. The van der Waals surface area contributed by atoms with Crippen molar-refractivity contribution in [1.82, 2.24) is 10.2 Å². The van der Waals surface area contributed by atoms with E-state index in [1.54, 1.807) is 6.07 Å². The summed E-state index contributed by atoms with van der Waals surface area (Å²) >= 11 is 0. The molecule has 3 amide bonds. The molecule has 2 aromatic carbocycles. The van der Waals surface area contributed by atoms with Crippen LogP contribution in [0.5, 0.6) is 0 Å². The van der Waals surface area contributed by atoms with Crippen LogP contribution in [0, 0.1) is 18.6 Å². The molecule has 4 rings (SSSR count). The normalized spacial score (nSPS) is 18.7. The number of aryl methyl sites for hydroxylation is 1. The Hall–Kier alpha value is -3.55. The Labute approximate surface area is 182 Å². The van der Waals surface area contributed by atoms with Crippen LogP contribution in [0.3, 0.4) is 0 Å². The van der Waals surface area contributed by atoms with Gasteiger partial charge in [0.15, 0.2) is 0 Å². The highest BCUT2D eigenvalue weighted by Gasteiger charge is 2.50. The Morgan fingerprint density at radius 1 is 1.09 bits per heavy atom. The van der Waals surface area contributed by atoms with Crippen molar-refractivity contribution in [1.29, 1.82) is 0 Å². The third-order valence-electron chi connectivity index (χ3n) is 5.91. The molecule has 32 heavy (non-hydrogen) atoms. The van der Waals surface area contributed by atoms with Gasteiger partial charge in [-0.15, -0.1) is 0 Å². The molecule has 0 aliphatic carbocycles. The molecule has 0 radical (unpaired) electrons. The second kappa shape index (κ2) is 7.55. The number of carbonyl (C=O) groups excluding carboxylic acids is 2. The summed E-state index contributed by atoms with van der Waals surface area (Å²) in [4.78, 5) is 38.9. The number of fused-ring (bicyclic) bond motifs is 1. The molecule has 1 aliphatic rings. The SMILES string of the molecule is Cc1cc2oc(=O)cc(CN3C(=O)NC(C)(c4cc(F)ccc4F)C3=O)c2cc1C(C)C. The van der Waals surface area contributed by atoms with Crippen LogP contribution in [0.25, 0.3) is 11.0 Å². The third-order valence-corrected chi connectivity index (χ3v) is 5.91. The van der Waals surface area contributed by atoms with Crippen molar-refractivity contribution in [2.24, 2.45) is 0 Å². The Bertz CT molecular complexity index is 1330. The number of halogens is 2. The van der Waals surface area contributed by atoms with E-state index >= 15 is 0 Å². The van der Waals surface area contributed by atoms with Crippen molar-refractivity contribution < 1.29 is 22.8 Å². The zero-order valence-electron chi connectivity index (χ0n) is 18.1. The molecule has 3 aromatic rings. The highest BCUT2D eigenvalue weighted by atomic mass is 19.1. The van der Waals surface area contributed by atoms with Gasteiger partial charge in [0.2, 0.25) is 0 Å². The van der Waals surface area contributed by atoms with Crippen LogP contribution in [0.15, 0.2) is 45.6 Å². The summed E-state index contributed by atoms with van der Waals surface area (Å²) in [5.74, 6) is -2.08. The van der Waals surface area contributed by atoms with Crippen LogP contribution in [0.2, 0.25) is 0 Å². The van der Waals surface area contributed by atoms with E-state index < -0.39 is 34.7 Å². The summed E-state index contributed by atoms with van der Waals surface area (Å²) in [6, 6.07) is 6.85. The number of nitrogens with zero attached hydrogens (tertiary/aromatic N) is 1. The number of carbonyl (C=O) groups is 2. The molecule has 1 unspecified atom stereocenters. The second-order valence-electron chi connectivity index (χ2n) is 8.52. The predicted octanol–water partition coefficient (Wildman–Crippen LogP) is 4.47. The fourth-order valence-corrected chi connectivity index (χ4v) is 4.22. The standard InChI is InChI=1S/C24H22F2N2O4/c1-12(2)16-10-17-14(8-21(29)32-20(17)7-13(16)3)11-28-22(30)24(4,27-23(28)31)18-9-15(25)5-6-19(18)26/h5-10,12H,11H2,1-4H3,(H,27,31). The Kier molecular flexibility index (Phi) is 5.11. The topological polar surface area (TPSA) is 79.6 Å². The monoisotopic (exact) mass is 440 g/mol. The molecule has 0 spiro atoms. The first-order chi connectivity index (χ1) is 15.0. The molecule has 1 aliphatic heterocycles. The summed E-state index contributed by atoms with van der Waals surface area (Å²) in [6.45, 7) is 7.08. The van der Waals surface area contributed by atoms with Crippen molar-refractivity contribution >= 4 is 22.9 Å². The summed E-state index contributed by atoms with van der Waals surface area (Å²) in [7, 11) is 0. The minimum atomic E-state index is -1.78. The molecule has 1 fully saturated rings. The maximum atomic E-state index is 14.4. The molecule has 8 heteroatoms. The van der Waals surface area contributed by atoms with Gasteiger partial charge in [0.1, 0.15) is 22.8 Å². The van der Waals surface area contributed by atoms with E-state index in [0.717, 1.165) is 34.2 Å². The first kappa shape index (κ1) is 21.7. The quantitative estimate of drug-likeness (QED) is 0.480. The summed E-state index contributed by atoms with van der Waals surface area (Å²) < 4.78 is 33.5. The van der Waals surface area contributed by atoms with E-state index in [-0.39, 0.29) is 18.0 Å².